The van der Waals surface area contributed by atoms with Crippen LogP contribution in [-0.4, -0.2) is 49.0 Å². The van der Waals surface area contributed by atoms with Gasteiger partial charge in [-0.1, -0.05) is 231 Å². The zero-order valence-corrected chi connectivity index (χ0v) is 39.7. The van der Waals surface area contributed by atoms with Crippen molar-refractivity contribution in [2.45, 2.75) is 242 Å². The molecule has 0 aliphatic heterocycles. The molecule has 324 valence electrons. The van der Waals surface area contributed by atoms with Crippen LogP contribution in [0.4, 0.5) is 0 Å². The van der Waals surface area contributed by atoms with Crippen molar-refractivity contribution in [3.8, 4) is 0 Å². The monoisotopic (exact) mass is 843 g/mol. The summed E-state index contributed by atoms with van der Waals surface area (Å²) in [5.74, 6) is 0. The third-order valence-corrected chi connectivity index (χ3v) is 12.7. The maximum Gasteiger partial charge on any atom is 2.00 e. The summed E-state index contributed by atoms with van der Waals surface area (Å²) in [6, 6.07) is 12.9. The van der Waals surface area contributed by atoms with E-state index in [1.54, 1.807) is 12.1 Å². The quantitative estimate of drug-likeness (QED) is 0.0383. The van der Waals surface area contributed by atoms with E-state index in [0.717, 1.165) is 36.8 Å². The Hall–Kier alpha value is -0.974. The summed E-state index contributed by atoms with van der Waals surface area (Å²) in [5, 5.41) is 0. The Kier molecular flexibility index (Phi) is 37.3. The molecule has 0 bridgehead atoms. The maximum absolute atomic E-state index is 11.1. The zero-order chi connectivity index (χ0) is 41.0. The summed E-state index contributed by atoms with van der Waals surface area (Å²) < 4.78 is 66.3. The molecule has 57 heavy (non-hydrogen) atoms. The van der Waals surface area contributed by atoms with Crippen LogP contribution in [0.1, 0.15) is 230 Å². The Bertz CT molecular complexity index is 1310. The number of hydrogen-bond donors (Lipinski definition) is 0. The van der Waals surface area contributed by atoms with Gasteiger partial charge in [0.1, 0.15) is 20.2 Å². The van der Waals surface area contributed by atoms with Crippen LogP contribution in [0.25, 0.3) is 0 Å². The minimum atomic E-state index is -4.34. The average molecular weight is 844 g/mol. The number of hydrogen-bond acceptors (Lipinski definition) is 6. The van der Waals surface area contributed by atoms with Crippen LogP contribution in [0.5, 0.6) is 0 Å². The van der Waals surface area contributed by atoms with Crippen LogP contribution in [0.2, 0.25) is 0 Å². The fourth-order valence-corrected chi connectivity index (χ4v) is 8.55. The van der Waals surface area contributed by atoms with Gasteiger partial charge in [0.2, 0.25) is 0 Å². The Morgan fingerprint density at radius 3 is 0.772 bits per heavy atom. The largest absolute Gasteiger partial charge is 2.00 e. The second-order valence-electron chi connectivity index (χ2n) is 16.3. The molecule has 0 fully saturated rings. The topological polar surface area (TPSA) is 114 Å². The van der Waals surface area contributed by atoms with Gasteiger partial charge in [-0.15, -0.1) is 0 Å². The van der Waals surface area contributed by atoms with Crippen molar-refractivity contribution in [1.29, 1.82) is 0 Å². The molecule has 2 rings (SSSR count). The summed E-state index contributed by atoms with van der Waals surface area (Å²) in [4.78, 5) is -0.219. The van der Waals surface area contributed by atoms with E-state index in [2.05, 4.69) is 13.8 Å². The molecule has 0 atom stereocenters. The summed E-state index contributed by atoms with van der Waals surface area (Å²) in [7, 11) is -8.67. The first-order valence-corrected chi connectivity index (χ1v) is 26.0. The van der Waals surface area contributed by atoms with Crippen molar-refractivity contribution in [1.82, 2.24) is 0 Å². The predicted octanol–water partition coefficient (Wildman–Crippen LogP) is 14.4. The van der Waals surface area contributed by atoms with Gasteiger partial charge in [-0.25, -0.2) is 16.8 Å². The van der Waals surface area contributed by atoms with E-state index in [0.29, 0.717) is 0 Å². The van der Waals surface area contributed by atoms with E-state index in [9.17, 15) is 25.9 Å². The van der Waals surface area contributed by atoms with Gasteiger partial charge in [-0.2, -0.15) is 0 Å². The molecule has 0 spiro atoms. The van der Waals surface area contributed by atoms with Crippen molar-refractivity contribution in [3.63, 3.8) is 0 Å². The van der Waals surface area contributed by atoms with Gasteiger partial charge in [0.25, 0.3) is 0 Å². The van der Waals surface area contributed by atoms with Crippen molar-refractivity contribution >= 4 is 43.3 Å². The summed E-state index contributed by atoms with van der Waals surface area (Å²) in [6.07, 6.45) is 44.7. The van der Waals surface area contributed by atoms with E-state index >= 15 is 0 Å². The second kappa shape index (κ2) is 38.0. The van der Waals surface area contributed by atoms with Gasteiger partial charge >= 0.3 is 23.1 Å². The van der Waals surface area contributed by atoms with Crippen molar-refractivity contribution in [2.75, 3.05) is 0 Å². The first-order valence-electron chi connectivity index (χ1n) is 23.2. The molecule has 0 saturated heterocycles. The first kappa shape index (κ1) is 56.0. The molecule has 2 aromatic carbocycles. The third kappa shape index (κ3) is 34.4. The van der Waals surface area contributed by atoms with Gasteiger partial charge in [0.05, 0.1) is 9.79 Å². The van der Waals surface area contributed by atoms with Crippen molar-refractivity contribution in [3.05, 3.63) is 59.7 Å². The molecule has 0 amide bonds. The molecule has 0 aromatic heterocycles. The smallest absolute Gasteiger partial charge is 0.744 e. The number of benzene rings is 2. The molecular weight excluding hydrogens is 761 g/mol. The van der Waals surface area contributed by atoms with Gasteiger partial charge in [-0.3, -0.25) is 0 Å². The van der Waals surface area contributed by atoms with Crippen LogP contribution in [0.15, 0.2) is 58.3 Å². The summed E-state index contributed by atoms with van der Waals surface area (Å²) >= 11 is 0. The van der Waals surface area contributed by atoms with Crippen LogP contribution >= 0.6 is 0 Å². The van der Waals surface area contributed by atoms with Gasteiger partial charge in [0, 0.05) is 0 Å². The normalized spacial score (nSPS) is 11.6. The van der Waals surface area contributed by atoms with E-state index in [-0.39, 0.29) is 32.8 Å². The molecule has 6 nitrogen and oxygen atoms in total. The van der Waals surface area contributed by atoms with Crippen LogP contribution in [0.3, 0.4) is 0 Å². The minimum Gasteiger partial charge on any atom is -0.744 e. The fraction of sp³-hybridized carbons (Fsp3) is 0.750. The molecule has 0 aliphatic carbocycles. The minimum absolute atomic E-state index is 0. The van der Waals surface area contributed by atoms with Crippen molar-refractivity contribution < 1.29 is 25.9 Å². The molecule has 0 heterocycles. The molecule has 0 N–H and O–H groups in total. The van der Waals surface area contributed by atoms with Gasteiger partial charge in [-0.05, 0) is 61.1 Å². The first-order chi connectivity index (χ1) is 27.1. The van der Waals surface area contributed by atoms with E-state index in [1.165, 1.54) is 217 Å². The molecule has 9 heteroatoms. The molecule has 0 radical (unpaired) electrons. The number of unbranched alkanes of at least 4 members (excludes halogenated alkanes) is 30. The standard InChI is InChI=1S/2C24H42O3S.Mg/c2*1-2-3-4-5-6-7-8-9-10-11-12-13-14-15-16-17-19-23-20-18-21-24(22-23)28(25,26)27;/h2*18,20-22H,2-17,19H2,1H3,(H,25,26,27);/q;;+2/p-2. The Labute approximate surface area is 368 Å². The van der Waals surface area contributed by atoms with E-state index < -0.39 is 20.2 Å². The predicted molar refractivity (Wildman–Crippen MR) is 241 cm³/mol. The van der Waals surface area contributed by atoms with Gasteiger partial charge in [0.15, 0.2) is 0 Å². The molecule has 0 saturated carbocycles. The SMILES string of the molecule is CCCCCCCCCCCCCCCCCCc1cccc(S(=O)(=O)[O-])c1.CCCCCCCCCCCCCCCCCCc1cccc(S(=O)(=O)[O-])c1.[Mg+2]. The Balaban J connectivity index is 0.00000108. The third-order valence-electron chi connectivity index (χ3n) is 11.0. The average Bonchev–Trinajstić information content (AvgIpc) is 3.17. The maximum atomic E-state index is 11.1. The Morgan fingerprint density at radius 1 is 0.351 bits per heavy atom. The zero-order valence-electron chi connectivity index (χ0n) is 36.6. The van der Waals surface area contributed by atoms with E-state index in [4.69, 9.17) is 0 Å². The molecular formula is C48H82MgO6S2. The fourth-order valence-electron chi connectivity index (χ4n) is 7.47. The van der Waals surface area contributed by atoms with Gasteiger partial charge < -0.3 is 9.11 Å². The molecule has 0 unspecified atom stereocenters. The molecule has 2 aromatic rings. The van der Waals surface area contributed by atoms with Crippen LogP contribution in [0, 0.1) is 0 Å². The second-order valence-corrected chi connectivity index (χ2v) is 19.1. The van der Waals surface area contributed by atoms with Crippen molar-refractivity contribution in [2.24, 2.45) is 0 Å². The summed E-state index contributed by atoms with van der Waals surface area (Å²) in [6.45, 7) is 4.54. The Morgan fingerprint density at radius 2 is 0.561 bits per heavy atom. The molecule has 0 aliphatic rings. The van der Waals surface area contributed by atoms with Crippen LogP contribution in [-0.2, 0) is 33.1 Å². The summed E-state index contributed by atoms with van der Waals surface area (Å²) in [5.41, 5.74) is 1.89. The van der Waals surface area contributed by atoms with E-state index in [1.807, 2.05) is 12.1 Å². The number of aryl methyl sites for hydroxylation is 2. The van der Waals surface area contributed by atoms with Crippen LogP contribution < -0.4 is 0 Å². The number of rotatable bonds is 36.